The van der Waals surface area contributed by atoms with Gasteiger partial charge in [0.05, 0.1) is 21.3 Å². The molecule has 0 aromatic heterocycles. The van der Waals surface area contributed by atoms with Gasteiger partial charge in [-0.15, -0.1) is 0 Å². The van der Waals surface area contributed by atoms with Gasteiger partial charge in [-0.25, -0.2) is 0 Å². The first-order valence-electron chi connectivity index (χ1n) is 11.2. The van der Waals surface area contributed by atoms with Gasteiger partial charge in [-0.1, -0.05) is 57.2 Å². The molecule has 7 heteroatoms. The Morgan fingerprint density at radius 2 is 1.49 bits per heavy atom. The third-order valence-corrected chi connectivity index (χ3v) is 5.82. The lowest BCUT2D eigenvalue weighted by Gasteiger charge is -2.19. The van der Waals surface area contributed by atoms with E-state index in [-0.39, 0.29) is 11.2 Å². The monoisotopic (exact) mass is 492 g/mol. The summed E-state index contributed by atoms with van der Waals surface area (Å²) in [4.78, 5) is 13.0. The number of benzene rings is 3. The van der Waals surface area contributed by atoms with E-state index in [1.54, 1.807) is 33.5 Å². The highest BCUT2D eigenvalue weighted by molar-refractivity contribution is 7.80. The summed E-state index contributed by atoms with van der Waals surface area (Å²) in [6.07, 6.45) is 0. The molecule has 0 heterocycles. The largest absolute Gasteiger partial charge is 0.493 e. The molecular weight excluding hydrogens is 460 g/mol. The highest BCUT2D eigenvalue weighted by Gasteiger charge is 2.16. The van der Waals surface area contributed by atoms with Gasteiger partial charge in [-0.05, 0) is 53.0 Å². The summed E-state index contributed by atoms with van der Waals surface area (Å²) in [6.45, 7) is 6.90. The van der Waals surface area contributed by atoms with Crippen molar-refractivity contribution >= 4 is 28.8 Å². The molecule has 0 unspecified atom stereocenters. The van der Waals surface area contributed by atoms with Crippen LogP contribution in [0.25, 0.3) is 0 Å². The smallest absolute Gasteiger partial charge is 0.203 e. The van der Waals surface area contributed by atoms with Crippen molar-refractivity contribution in [3.63, 3.8) is 0 Å². The summed E-state index contributed by atoms with van der Waals surface area (Å²) in [5.41, 5.74) is 4.10. The molecule has 0 saturated carbocycles. The van der Waals surface area contributed by atoms with Gasteiger partial charge in [-0.3, -0.25) is 4.79 Å². The molecule has 0 radical (unpaired) electrons. The minimum absolute atomic E-state index is 0.0367. The number of thiocarbonyl (C=S) groups is 1. The number of nitrogens with one attached hydrogen (secondary N) is 2. The Balaban J connectivity index is 1.67. The average molecular weight is 493 g/mol. The zero-order valence-corrected chi connectivity index (χ0v) is 21.8. The molecule has 3 aromatic carbocycles. The molecule has 0 fully saturated rings. The Kier molecular flexibility index (Phi) is 8.35. The number of methoxy groups -OCH3 is 3. The van der Waals surface area contributed by atoms with Crippen molar-refractivity contribution in [1.82, 2.24) is 5.32 Å². The number of hydrogen-bond acceptors (Lipinski definition) is 5. The average Bonchev–Trinajstić information content (AvgIpc) is 2.86. The van der Waals surface area contributed by atoms with Crippen LogP contribution in [0.4, 0.5) is 5.69 Å². The molecule has 0 amide bonds. The van der Waals surface area contributed by atoms with Crippen molar-refractivity contribution in [2.75, 3.05) is 26.6 Å². The molecule has 6 nitrogen and oxygen atoms in total. The predicted molar refractivity (Wildman–Crippen MR) is 144 cm³/mol. The first-order chi connectivity index (χ1) is 16.7. The fraction of sp³-hybridized carbons (Fsp3) is 0.286. The quantitative estimate of drug-likeness (QED) is 0.308. The minimum Gasteiger partial charge on any atom is -0.493 e. The molecule has 3 rings (SSSR count). The molecule has 2 N–H and O–H groups in total. The first-order valence-corrected chi connectivity index (χ1v) is 11.7. The Labute approximate surface area is 212 Å². The van der Waals surface area contributed by atoms with E-state index in [1.807, 2.05) is 48.5 Å². The lowest BCUT2D eigenvalue weighted by Crippen LogP contribution is -2.28. The maximum atomic E-state index is 13.0. The number of anilines is 1. The normalized spacial score (nSPS) is 10.9. The Morgan fingerprint density at radius 1 is 0.857 bits per heavy atom. The molecule has 184 valence electrons. The van der Waals surface area contributed by atoms with E-state index >= 15 is 0 Å². The van der Waals surface area contributed by atoms with Crippen molar-refractivity contribution in [2.24, 2.45) is 0 Å². The lowest BCUT2D eigenvalue weighted by atomic mass is 9.86. The van der Waals surface area contributed by atoms with Gasteiger partial charge in [0, 0.05) is 23.4 Å². The summed E-state index contributed by atoms with van der Waals surface area (Å²) in [5.74, 6) is 1.65. The molecule has 0 aliphatic heterocycles. The van der Waals surface area contributed by atoms with Crippen LogP contribution in [0.5, 0.6) is 17.2 Å². The minimum atomic E-state index is -0.0367. The van der Waals surface area contributed by atoms with Crippen molar-refractivity contribution in [3.05, 3.63) is 82.9 Å². The van der Waals surface area contributed by atoms with Crippen LogP contribution in [0, 0.1) is 0 Å². The fourth-order valence-corrected chi connectivity index (χ4v) is 3.81. The van der Waals surface area contributed by atoms with Crippen molar-refractivity contribution < 1.29 is 19.0 Å². The molecule has 35 heavy (non-hydrogen) atoms. The molecule has 0 atom stereocenters. The van der Waals surface area contributed by atoms with Gasteiger partial charge in [0.1, 0.15) is 0 Å². The number of carbonyl (C=O) groups is 1. The van der Waals surface area contributed by atoms with E-state index in [0.29, 0.717) is 40.0 Å². The van der Waals surface area contributed by atoms with Crippen LogP contribution in [-0.2, 0) is 12.0 Å². The third-order valence-electron chi connectivity index (χ3n) is 5.57. The zero-order chi connectivity index (χ0) is 25.6. The van der Waals surface area contributed by atoms with E-state index in [9.17, 15) is 4.79 Å². The summed E-state index contributed by atoms with van der Waals surface area (Å²) in [6, 6.07) is 18.8. The van der Waals surface area contributed by atoms with Gasteiger partial charge in [0.15, 0.2) is 22.4 Å². The molecule has 0 aliphatic rings. The summed E-state index contributed by atoms with van der Waals surface area (Å²) >= 11 is 5.46. The lowest BCUT2D eigenvalue weighted by molar-refractivity contribution is 0.103. The molecule has 3 aromatic rings. The van der Waals surface area contributed by atoms with Gasteiger partial charge >= 0.3 is 0 Å². The van der Waals surface area contributed by atoms with E-state index in [0.717, 1.165) is 11.3 Å². The number of hydrogen-bond donors (Lipinski definition) is 2. The van der Waals surface area contributed by atoms with Crippen LogP contribution in [0.2, 0.25) is 0 Å². The van der Waals surface area contributed by atoms with Gasteiger partial charge in [-0.2, -0.15) is 0 Å². The zero-order valence-electron chi connectivity index (χ0n) is 21.0. The van der Waals surface area contributed by atoms with E-state index < -0.39 is 0 Å². The third kappa shape index (κ3) is 6.51. The molecule has 0 spiro atoms. The Bertz CT molecular complexity index is 1180. The maximum absolute atomic E-state index is 13.0. The summed E-state index contributed by atoms with van der Waals surface area (Å²) in [7, 11) is 4.72. The predicted octanol–water partition coefficient (Wildman–Crippen LogP) is 5.73. The van der Waals surface area contributed by atoms with Crippen molar-refractivity contribution in [1.29, 1.82) is 0 Å². The topological polar surface area (TPSA) is 68.8 Å². The van der Waals surface area contributed by atoms with Crippen LogP contribution in [0.1, 0.15) is 47.8 Å². The van der Waals surface area contributed by atoms with Gasteiger partial charge in [0.2, 0.25) is 5.75 Å². The summed E-state index contributed by atoms with van der Waals surface area (Å²) in [5, 5.41) is 6.75. The molecular formula is C28H32N2O4S. The highest BCUT2D eigenvalue weighted by Crippen LogP contribution is 2.38. The fourth-order valence-electron chi connectivity index (χ4n) is 3.62. The number of rotatable bonds is 8. The Morgan fingerprint density at radius 3 is 2.03 bits per heavy atom. The standard InChI is InChI=1S/C28H32N2O4S/c1-28(2,3)21-12-10-19(11-13-21)25(31)20-8-7-9-22(16-20)30-27(35)29-17-18-14-23(32-4)26(34-6)24(15-18)33-5/h7-16H,17H2,1-6H3,(H2,29,30,35). The Hall–Kier alpha value is -3.58. The number of ketones is 1. The van der Waals surface area contributed by atoms with Crippen molar-refractivity contribution in [2.45, 2.75) is 32.7 Å². The SMILES string of the molecule is COc1cc(CNC(=S)Nc2cccc(C(=O)c3ccc(C(C)(C)C)cc3)c2)cc(OC)c1OC. The molecule has 0 aliphatic carbocycles. The van der Waals surface area contributed by atoms with Crippen LogP contribution < -0.4 is 24.8 Å². The van der Waals surface area contributed by atoms with Crippen LogP contribution in [0.15, 0.2) is 60.7 Å². The van der Waals surface area contributed by atoms with Crippen LogP contribution in [0.3, 0.4) is 0 Å². The van der Waals surface area contributed by atoms with E-state index in [1.165, 1.54) is 5.56 Å². The van der Waals surface area contributed by atoms with Crippen molar-refractivity contribution in [3.8, 4) is 17.2 Å². The maximum Gasteiger partial charge on any atom is 0.203 e. The second-order valence-corrected chi connectivity index (χ2v) is 9.49. The second-order valence-electron chi connectivity index (χ2n) is 9.08. The van der Waals surface area contributed by atoms with E-state index in [2.05, 4.69) is 31.4 Å². The number of ether oxygens (including phenoxy) is 3. The highest BCUT2D eigenvalue weighted by atomic mass is 32.1. The van der Waals surface area contributed by atoms with E-state index in [4.69, 9.17) is 26.4 Å². The number of carbonyl (C=O) groups excluding carboxylic acids is 1. The second kappa shape index (κ2) is 11.2. The molecule has 0 saturated heterocycles. The van der Waals surface area contributed by atoms with Crippen LogP contribution in [-0.4, -0.2) is 32.2 Å². The van der Waals surface area contributed by atoms with Gasteiger partial charge in [0.25, 0.3) is 0 Å². The van der Waals surface area contributed by atoms with Crippen LogP contribution >= 0.6 is 12.2 Å². The van der Waals surface area contributed by atoms with Gasteiger partial charge < -0.3 is 24.8 Å². The summed E-state index contributed by atoms with van der Waals surface area (Å²) < 4.78 is 16.2. The first kappa shape index (κ1) is 26.0. The molecule has 0 bridgehead atoms.